The third-order valence-corrected chi connectivity index (χ3v) is 6.05. The first-order valence-corrected chi connectivity index (χ1v) is 10.6. The van der Waals surface area contributed by atoms with Gasteiger partial charge in [0.2, 0.25) is 11.0 Å². The van der Waals surface area contributed by atoms with Crippen molar-refractivity contribution in [2.24, 2.45) is 0 Å². The van der Waals surface area contributed by atoms with Gasteiger partial charge in [-0.3, -0.25) is 25.0 Å². The number of anilines is 1. The van der Waals surface area contributed by atoms with Gasteiger partial charge in [0.15, 0.2) is 4.34 Å². The Morgan fingerprint density at radius 2 is 1.97 bits per heavy atom. The minimum Gasteiger partial charge on any atom is -0.351 e. The summed E-state index contributed by atoms with van der Waals surface area (Å²) < 4.78 is 0.497. The molecule has 0 radical (unpaired) electrons. The summed E-state index contributed by atoms with van der Waals surface area (Å²) in [5.41, 5.74) is 0.770. The number of halogens is 1. The van der Waals surface area contributed by atoms with Gasteiger partial charge in [-0.25, -0.2) is 0 Å². The van der Waals surface area contributed by atoms with E-state index in [9.17, 15) is 19.7 Å². The number of thioether (sulfide) groups is 1. The Hall–Kier alpha value is -3.02. The van der Waals surface area contributed by atoms with Crippen molar-refractivity contribution >= 4 is 57.3 Å². The number of carbonyl (C=O) groups is 2. The van der Waals surface area contributed by atoms with Crippen molar-refractivity contribution < 1.29 is 14.5 Å². The van der Waals surface area contributed by atoms with E-state index in [1.807, 2.05) is 18.2 Å². The van der Waals surface area contributed by atoms with Gasteiger partial charge in [0.1, 0.15) is 0 Å². The first-order chi connectivity index (χ1) is 14.4. The summed E-state index contributed by atoms with van der Waals surface area (Å²) in [5, 5.41) is 24.7. The number of aromatic nitrogens is 2. The maximum absolute atomic E-state index is 12.2. The lowest BCUT2D eigenvalue weighted by molar-refractivity contribution is -0.384. The Morgan fingerprint density at radius 1 is 1.17 bits per heavy atom. The molecular formula is C18H14ClN5O4S2. The summed E-state index contributed by atoms with van der Waals surface area (Å²) in [6.07, 6.45) is 0. The zero-order chi connectivity index (χ0) is 21.5. The highest BCUT2D eigenvalue weighted by Gasteiger charge is 2.14. The topological polar surface area (TPSA) is 127 Å². The second-order valence-electron chi connectivity index (χ2n) is 5.79. The average molecular weight is 464 g/mol. The Kier molecular flexibility index (Phi) is 7.33. The maximum atomic E-state index is 12.2. The van der Waals surface area contributed by atoms with Crippen LogP contribution in [0.1, 0.15) is 15.9 Å². The number of nitro groups is 1. The molecule has 0 aliphatic heterocycles. The molecule has 0 atom stereocenters. The fourth-order valence-electron chi connectivity index (χ4n) is 2.26. The monoisotopic (exact) mass is 463 g/mol. The number of non-ortho nitro benzene ring substituents is 1. The Bertz CT molecular complexity index is 1090. The second-order valence-corrected chi connectivity index (χ2v) is 8.40. The van der Waals surface area contributed by atoms with Crippen LogP contribution in [0.25, 0.3) is 0 Å². The van der Waals surface area contributed by atoms with Gasteiger partial charge in [-0.05, 0) is 17.7 Å². The molecule has 9 nitrogen and oxygen atoms in total. The predicted octanol–water partition coefficient (Wildman–Crippen LogP) is 3.76. The van der Waals surface area contributed by atoms with Crippen molar-refractivity contribution in [1.29, 1.82) is 0 Å². The molecule has 2 N–H and O–H groups in total. The van der Waals surface area contributed by atoms with E-state index in [-0.39, 0.29) is 28.0 Å². The van der Waals surface area contributed by atoms with Crippen LogP contribution in [0.15, 0.2) is 52.9 Å². The van der Waals surface area contributed by atoms with Gasteiger partial charge >= 0.3 is 0 Å². The number of carbonyl (C=O) groups excluding carboxylic acids is 2. The number of amides is 2. The van der Waals surface area contributed by atoms with Crippen LogP contribution in [0, 0.1) is 10.1 Å². The molecular weight excluding hydrogens is 450 g/mol. The first-order valence-electron chi connectivity index (χ1n) is 8.44. The van der Waals surface area contributed by atoms with E-state index in [2.05, 4.69) is 20.8 Å². The standard InChI is InChI=1S/C18H14ClN5O4S2/c19-14-7-2-1-4-12(14)9-20-15(25)10-29-18-23-22-17(30-18)21-16(26)11-5-3-6-13(8-11)24(27)28/h1-8H,9-10H2,(H,20,25)(H,21,22,26). The molecule has 0 unspecified atom stereocenters. The number of rotatable bonds is 8. The zero-order valence-corrected chi connectivity index (χ0v) is 17.6. The molecule has 0 fully saturated rings. The number of benzene rings is 2. The third kappa shape index (κ3) is 5.99. The van der Waals surface area contributed by atoms with Gasteiger partial charge in [-0.1, -0.05) is 59.0 Å². The zero-order valence-electron chi connectivity index (χ0n) is 15.2. The van der Waals surface area contributed by atoms with Crippen LogP contribution in [0.2, 0.25) is 5.02 Å². The Labute approximate surface area is 184 Å². The SMILES string of the molecule is O=C(CSc1nnc(NC(=O)c2cccc([N+](=O)[O-])c2)s1)NCc1ccccc1Cl. The molecule has 2 amide bonds. The molecule has 0 saturated carbocycles. The van der Waals surface area contributed by atoms with Crippen LogP contribution in [0.5, 0.6) is 0 Å². The van der Waals surface area contributed by atoms with E-state index < -0.39 is 10.8 Å². The van der Waals surface area contributed by atoms with Crippen molar-refractivity contribution in [3.63, 3.8) is 0 Å². The van der Waals surface area contributed by atoms with Gasteiger partial charge in [0.25, 0.3) is 11.6 Å². The van der Waals surface area contributed by atoms with Crippen LogP contribution >= 0.6 is 34.7 Å². The summed E-state index contributed by atoms with van der Waals surface area (Å²) in [6, 6.07) is 12.6. The van der Waals surface area contributed by atoms with Crippen molar-refractivity contribution in [3.8, 4) is 0 Å². The molecule has 0 bridgehead atoms. The lowest BCUT2D eigenvalue weighted by Gasteiger charge is -2.05. The largest absolute Gasteiger partial charge is 0.351 e. The Balaban J connectivity index is 1.49. The molecule has 0 spiro atoms. The van der Waals surface area contributed by atoms with Crippen LogP contribution in [0.4, 0.5) is 10.8 Å². The van der Waals surface area contributed by atoms with Crippen LogP contribution in [-0.2, 0) is 11.3 Å². The van der Waals surface area contributed by atoms with E-state index >= 15 is 0 Å². The van der Waals surface area contributed by atoms with E-state index in [0.29, 0.717) is 15.9 Å². The minimum absolute atomic E-state index is 0.123. The molecule has 1 aromatic heterocycles. The molecule has 12 heteroatoms. The number of nitrogens with one attached hydrogen (secondary N) is 2. The van der Waals surface area contributed by atoms with Crippen molar-refractivity contribution in [1.82, 2.24) is 15.5 Å². The van der Waals surface area contributed by atoms with Gasteiger partial charge in [0.05, 0.1) is 10.7 Å². The molecule has 154 valence electrons. The van der Waals surface area contributed by atoms with Gasteiger partial charge < -0.3 is 5.32 Å². The summed E-state index contributed by atoms with van der Waals surface area (Å²) in [7, 11) is 0. The third-order valence-electron chi connectivity index (χ3n) is 3.71. The molecule has 0 aliphatic rings. The average Bonchev–Trinajstić information content (AvgIpc) is 3.19. The number of nitro benzene ring substituents is 1. The Morgan fingerprint density at radius 3 is 2.73 bits per heavy atom. The fourth-order valence-corrected chi connectivity index (χ4v) is 4.04. The minimum atomic E-state index is -0.576. The van der Waals surface area contributed by atoms with Crippen molar-refractivity contribution in [2.75, 3.05) is 11.1 Å². The summed E-state index contributed by atoms with van der Waals surface area (Å²) >= 11 is 8.33. The molecule has 2 aromatic carbocycles. The van der Waals surface area contributed by atoms with Gasteiger partial charge in [0, 0.05) is 29.3 Å². The van der Waals surface area contributed by atoms with E-state index in [1.54, 1.807) is 6.07 Å². The highest BCUT2D eigenvalue weighted by atomic mass is 35.5. The molecule has 3 aromatic rings. The number of nitrogens with zero attached hydrogens (tertiary/aromatic N) is 3. The van der Waals surface area contributed by atoms with E-state index in [0.717, 1.165) is 16.9 Å². The van der Waals surface area contributed by atoms with Crippen molar-refractivity contribution in [2.45, 2.75) is 10.9 Å². The number of hydrogen-bond donors (Lipinski definition) is 2. The van der Waals surface area contributed by atoms with Gasteiger partial charge in [-0.15, -0.1) is 10.2 Å². The second kappa shape index (κ2) is 10.1. The fraction of sp³-hybridized carbons (Fsp3) is 0.111. The van der Waals surface area contributed by atoms with Crippen molar-refractivity contribution in [3.05, 3.63) is 74.8 Å². The molecule has 1 heterocycles. The smallest absolute Gasteiger partial charge is 0.270 e. The maximum Gasteiger partial charge on any atom is 0.270 e. The van der Waals surface area contributed by atoms with E-state index in [1.165, 1.54) is 36.0 Å². The first kappa shape index (κ1) is 21.7. The van der Waals surface area contributed by atoms with Crippen LogP contribution < -0.4 is 10.6 Å². The summed E-state index contributed by atoms with van der Waals surface area (Å²) in [4.78, 5) is 34.5. The van der Waals surface area contributed by atoms with Gasteiger partial charge in [-0.2, -0.15) is 0 Å². The lowest BCUT2D eigenvalue weighted by Crippen LogP contribution is -2.24. The van der Waals surface area contributed by atoms with E-state index in [4.69, 9.17) is 11.6 Å². The predicted molar refractivity (Wildman–Crippen MR) is 115 cm³/mol. The van der Waals surface area contributed by atoms with Crippen LogP contribution in [-0.4, -0.2) is 32.7 Å². The molecule has 0 aliphatic carbocycles. The molecule has 30 heavy (non-hydrogen) atoms. The highest BCUT2D eigenvalue weighted by molar-refractivity contribution is 8.01. The number of hydrogen-bond acceptors (Lipinski definition) is 8. The molecule has 3 rings (SSSR count). The normalized spacial score (nSPS) is 10.4. The lowest BCUT2D eigenvalue weighted by atomic mass is 10.2. The highest BCUT2D eigenvalue weighted by Crippen LogP contribution is 2.26. The van der Waals surface area contributed by atoms with Crippen LogP contribution in [0.3, 0.4) is 0 Å². The quantitative estimate of drug-likeness (QED) is 0.225. The molecule has 0 saturated heterocycles. The summed E-state index contributed by atoms with van der Waals surface area (Å²) in [5.74, 6) is -0.612. The summed E-state index contributed by atoms with van der Waals surface area (Å²) in [6.45, 7) is 0.319.